The lowest BCUT2D eigenvalue weighted by Gasteiger charge is -2.20. The molecule has 1 amide bonds. The number of carbonyl (C=O) groups excluding carboxylic acids is 1. The van der Waals surface area contributed by atoms with Gasteiger partial charge in [0.15, 0.2) is 0 Å². The molecule has 98 valence electrons. The Balaban J connectivity index is 1.78. The molecule has 0 bridgehead atoms. The van der Waals surface area contributed by atoms with Crippen LogP contribution in [0.4, 0.5) is 5.82 Å². The van der Waals surface area contributed by atoms with Gasteiger partial charge in [-0.25, -0.2) is 4.98 Å². The van der Waals surface area contributed by atoms with Crippen LogP contribution in [-0.2, 0) is 4.79 Å². The van der Waals surface area contributed by atoms with Gasteiger partial charge in [-0.1, -0.05) is 6.07 Å². The van der Waals surface area contributed by atoms with Crippen molar-refractivity contribution in [1.29, 1.82) is 0 Å². The van der Waals surface area contributed by atoms with Crippen molar-refractivity contribution in [3.8, 4) is 0 Å². The zero-order chi connectivity index (χ0) is 13.0. The number of aryl methyl sites for hydroxylation is 1. The van der Waals surface area contributed by atoms with Crippen LogP contribution in [0.15, 0.2) is 18.2 Å². The maximum atomic E-state index is 11.5. The minimum absolute atomic E-state index is 0.302. The van der Waals surface area contributed by atoms with Gasteiger partial charge in [-0.3, -0.25) is 4.79 Å². The largest absolute Gasteiger partial charge is 0.368 e. The first kappa shape index (κ1) is 12.9. The molecule has 1 aliphatic rings. The van der Waals surface area contributed by atoms with Crippen molar-refractivity contribution in [3.05, 3.63) is 23.9 Å². The van der Waals surface area contributed by atoms with Gasteiger partial charge in [-0.05, 0) is 38.8 Å². The second-order valence-corrected chi connectivity index (χ2v) is 4.98. The highest BCUT2D eigenvalue weighted by molar-refractivity contribution is 5.78. The van der Waals surface area contributed by atoms with Gasteiger partial charge < -0.3 is 10.2 Å². The summed E-state index contributed by atoms with van der Waals surface area (Å²) in [6.45, 7) is 5.89. The maximum Gasteiger partial charge on any atom is 0.222 e. The van der Waals surface area contributed by atoms with Gasteiger partial charge in [0, 0.05) is 31.2 Å². The molecule has 1 aliphatic heterocycles. The highest BCUT2D eigenvalue weighted by Crippen LogP contribution is 2.12. The predicted octanol–water partition coefficient (Wildman–Crippen LogP) is 2.20. The molecule has 0 saturated carbocycles. The zero-order valence-corrected chi connectivity index (χ0v) is 11.1. The first-order chi connectivity index (χ1) is 8.65. The fraction of sp³-hybridized carbons (Fsp3) is 0.571. The molecule has 18 heavy (non-hydrogen) atoms. The molecule has 2 rings (SSSR count). The number of rotatable bonds is 5. The Hall–Kier alpha value is -1.58. The summed E-state index contributed by atoms with van der Waals surface area (Å²) in [5, 5.41) is 3.37. The highest BCUT2D eigenvalue weighted by Gasteiger charge is 2.20. The van der Waals surface area contributed by atoms with Gasteiger partial charge >= 0.3 is 0 Å². The number of hydrogen-bond acceptors (Lipinski definition) is 3. The SMILES string of the molecule is Cc1cccc(N[C@@H](C)CCN2CCCC2=O)n1. The van der Waals surface area contributed by atoms with Crippen LogP contribution in [0, 0.1) is 6.92 Å². The van der Waals surface area contributed by atoms with Crippen LogP contribution < -0.4 is 5.32 Å². The molecular weight excluding hydrogens is 226 g/mol. The number of hydrogen-bond donors (Lipinski definition) is 1. The van der Waals surface area contributed by atoms with E-state index in [1.54, 1.807) is 0 Å². The Bertz CT molecular complexity index is 419. The molecule has 0 aromatic carbocycles. The van der Waals surface area contributed by atoms with Crippen LogP contribution in [0.2, 0.25) is 0 Å². The van der Waals surface area contributed by atoms with Crippen molar-refractivity contribution in [1.82, 2.24) is 9.88 Å². The number of carbonyl (C=O) groups is 1. The van der Waals surface area contributed by atoms with Crippen LogP contribution in [-0.4, -0.2) is 34.9 Å². The van der Waals surface area contributed by atoms with Crippen molar-refractivity contribution in [2.45, 2.75) is 39.2 Å². The number of aromatic nitrogens is 1. The molecule has 0 spiro atoms. The van der Waals surface area contributed by atoms with Crippen LogP contribution in [0.1, 0.15) is 31.9 Å². The van der Waals surface area contributed by atoms with Crippen LogP contribution in [0.3, 0.4) is 0 Å². The number of anilines is 1. The third kappa shape index (κ3) is 3.45. The van der Waals surface area contributed by atoms with E-state index in [1.165, 1.54) is 0 Å². The van der Waals surface area contributed by atoms with E-state index in [0.29, 0.717) is 11.9 Å². The lowest BCUT2D eigenvalue weighted by molar-refractivity contribution is -0.127. The van der Waals surface area contributed by atoms with Gasteiger partial charge in [0.25, 0.3) is 0 Å². The summed E-state index contributed by atoms with van der Waals surface area (Å²) >= 11 is 0. The predicted molar refractivity (Wildman–Crippen MR) is 72.5 cm³/mol. The van der Waals surface area contributed by atoms with E-state index in [2.05, 4.69) is 17.2 Å². The number of nitrogens with one attached hydrogen (secondary N) is 1. The molecule has 1 atom stereocenters. The van der Waals surface area contributed by atoms with E-state index in [4.69, 9.17) is 0 Å². The van der Waals surface area contributed by atoms with E-state index in [9.17, 15) is 4.79 Å². The smallest absolute Gasteiger partial charge is 0.222 e. The average molecular weight is 247 g/mol. The third-order valence-electron chi connectivity index (χ3n) is 3.29. The molecule has 0 aliphatic carbocycles. The van der Waals surface area contributed by atoms with Crippen molar-refractivity contribution in [3.63, 3.8) is 0 Å². The minimum Gasteiger partial charge on any atom is -0.368 e. The van der Waals surface area contributed by atoms with Gasteiger partial charge in [0.05, 0.1) is 0 Å². The first-order valence-corrected chi connectivity index (χ1v) is 6.63. The summed E-state index contributed by atoms with van der Waals surface area (Å²) in [5.41, 5.74) is 1.02. The zero-order valence-electron chi connectivity index (χ0n) is 11.1. The Morgan fingerprint density at radius 2 is 2.33 bits per heavy atom. The molecule has 1 fully saturated rings. The Labute approximate surface area is 108 Å². The van der Waals surface area contributed by atoms with E-state index >= 15 is 0 Å². The molecule has 1 aromatic rings. The summed E-state index contributed by atoms with van der Waals surface area (Å²) in [6, 6.07) is 6.29. The number of likely N-dealkylation sites (tertiary alicyclic amines) is 1. The maximum absolute atomic E-state index is 11.5. The normalized spacial score (nSPS) is 17.0. The fourth-order valence-electron chi connectivity index (χ4n) is 2.24. The molecule has 4 nitrogen and oxygen atoms in total. The van der Waals surface area contributed by atoms with Crippen molar-refractivity contribution in [2.75, 3.05) is 18.4 Å². The van der Waals surface area contributed by atoms with Crippen molar-refractivity contribution >= 4 is 11.7 Å². The third-order valence-corrected chi connectivity index (χ3v) is 3.29. The highest BCUT2D eigenvalue weighted by atomic mass is 16.2. The van der Waals surface area contributed by atoms with Crippen LogP contribution in [0.25, 0.3) is 0 Å². The number of amides is 1. The van der Waals surface area contributed by atoms with E-state index in [1.807, 2.05) is 30.0 Å². The Morgan fingerprint density at radius 3 is 3.00 bits per heavy atom. The van der Waals surface area contributed by atoms with Gasteiger partial charge in [-0.2, -0.15) is 0 Å². The summed E-state index contributed by atoms with van der Waals surface area (Å²) in [7, 11) is 0. The van der Waals surface area contributed by atoms with Crippen molar-refractivity contribution < 1.29 is 4.79 Å². The molecule has 1 saturated heterocycles. The topological polar surface area (TPSA) is 45.2 Å². The quantitative estimate of drug-likeness (QED) is 0.867. The van der Waals surface area contributed by atoms with Crippen LogP contribution in [0.5, 0.6) is 0 Å². The minimum atomic E-state index is 0.302. The van der Waals surface area contributed by atoms with Gasteiger partial charge in [0.1, 0.15) is 5.82 Å². The Kier molecular flexibility index (Phi) is 4.18. The molecule has 1 aromatic heterocycles. The monoisotopic (exact) mass is 247 g/mol. The number of pyridine rings is 1. The molecule has 2 heterocycles. The summed E-state index contributed by atoms with van der Waals surface area (Å²) in [5.74, 6) is 1.21. The first-order valence-electron chi connectivity index (χ1n) is 6.63. The van der Waals surface area contributed by atoms with E-state index in [0.717, 1.165) is 43.9 Å². The molecule has 1 N–H and O–H groups in total. The van der Waals surface area contributed by atoms with Crippen LogP contribution >= 0.6 is 0 Å². The second-order valence-electron chi connectivity index (χ2n) is 4.98. The standard InChI is InChI=1S/C14H21N3O/c1-11-5-3-6-13(15-11)16-12(2)8-10-17-9-4-7-14(17)18/h3,5-6,12H,4,7-10H2,1-2H3,(H,15,16)/t12-/m0/s1. The lowest BCUT2D eigenvalue weighted by atomic mass is 10.2. The molecule has 0 unspecified atom stereocenters. The summed E-state index contributed by atoms with van der Waals surface area (Å²) in [6.07, 6.45) is 2.70. The molecule has 4 heteroatoms. The second kappa shape index (κ2) is 5.85. The fourth-order valence-corrected chi connectivity index (χ4v) is 2.24. The lowest BCUT2D eigenvalue weighted by Crippen LogP contribution is -2.29. The van der Waals surface area contributed by atoms with Gasteiger partial charge in [-0.15, -0.1) is 0 Å². The Morgan fingerprint density at radius 1 is 1.50 bits per heavy atom. The number of nitrogens with zero attached hydrogens (tertiary/aromatic N) is 2. The molecule has 0 radical (unpaired) electrons. The van der Waals surface area contributed by atoms with Gasteiger partial charge in [0.2, 0.25) is 5.91 Å². The summed E-state index contributed by atoms with van der Waals surface area (Å²) in [4.78, 5) is 17.9. The van der Waals surface area contributed by atoms with E-state index in [-0.39, 0.29) is 0 Å². The van der Waals surface area contributed by atoms with Crippen molar-refractivity contribution in [2.24, 2.45) is 0 Å². The molecular formula is C14H21N3O. The van der Waals surface area contributed by atoms with E-state index < -0.39 is 0 Å². The average Bonchev–Trinajstić information content (AvgIpc) is 2.72. The summed E-state index contributed by atoms with van der Waals surface area (Å²) < 4.78 is 0.